The van der Waals surface area contributed by atoms with E-state index in [1.54, 1.807) is 12.1 Å². The average molecular weight is 474 g/mol. The normalized spacial score (nSPS) is 19.9. The summed E-state index contributed by atoms with van der Waals surface area (Å²) in [5.41, 5.74) is 4.00. The molecule has 0 aromatic heterocycles. The number of imide groups is 1. The Morgan fingerprint density at radius 3 is 1.97 bits per heavy atom. The molecule has 2 saturated heterocycles. The fraction of sp³-hybridized carbons (Fsp3) is 0.286. The van der Waals surface area contributed by atoms with Gasteiger partial charge in [0.05, 0.1) is 24.2 Å². The maximum Gasteiger partial charge on any atom is 0.251 e. The molecule has 0 aliphatic carbocycles. The fourth-order valence-corrected chi connectivity index (χ4v) is 5.26. The molecule has 0 radical (unpaired) electrons. The van der Waals surface area contributed by atoms with E-state index in [1.165, 1.54) is 16.0 Å². The summed E-state index contributed by atoms with van der Waals surface area (Å²) in [6.07, 6.45) is 0.213. The minimum Gasteiger partial charge on any atom is -0.290 e. The molecule has 0 spiro atoms. The predicted octanol–water partition coefficient (Wildman–Crippen LogP) is 4.69. The number of halogens is 1. The SMILES string of the molecule is Cc1ccc(N2C(=O)C[C@H](N3CCN(C(c4ccccc4)c4ccccc4)CC3)C2=O)cc1Cl. The van der Waals surface area contributed by atoms with Crippen LogP contribution < -0.4 is 4.90 Å². The highest BCUT2D eigenvalue weighted by Gasteiger charge is 2.43. The molecule has 0 saturated carbocycles. The Hall–Kier alpha value is -2.99. The van der Waals surface area contributed by atoms with Crippen molar-refractivity contribution in [2.75, 3.05) is 31.1 Å². The van der Waals surface area contributed by atoms with Crippen LogP contribution in [0, 0.1) is 6.92 Å². The van der Waals surface area contributed by atoms with E-state index in [9.17, 15) is 9.59 Å². The van der Waals surface area contributed by atoms with Gasteiger partial charge in [0.1, 0.15) is 0 Å². The van der Waals surface area contributed by atoms with Crippen LogP contribution in [0.3, 0.4) is 0 Å². The van der Waals surface area contributed by atoms with Crippen molar-refractivity contribution in [1.29, 1.82) is 0 Å². The summed E-state index contributed by atoms with van der Waals surface area (Å²) in [5, 5.41) is 0.558. The van der Waals surface area contributed by atoms with E-state index < -0.39 is 6.04 Å². The lowest BCUT2D eigenvalue weighted by molar-refractivity contribution is -0.123. The number of nitrogens with zero attached hydrogens (tertiary/aromatic N) is 3. The maximum absolute atomic E-state index is 13.3. The van der Waals surface area contributed by atoms with Crippen molar-refractivity contribution in [3.63, 3.8) is 0 Å². The highest BCUT2D eigenvalue weighted by Crippen LogP contribution is 2.32. The maximum atomic E-state index is 13.3. The number of benzene rings is 3. The van der Waals surface area contributed by atoms with Gasteiger partial charge in [0.25, 0.3) is 5.91 Å². The van der Waals surface area contributed by atoms with E-state index in [2.05, 4.69) is 58.3 Å². The van der Waals surface area contributed by atoms with E-state index in [0.29, 0.717) is 10.7 Å². The van der Waals surface area contributed by atoms with Crippen LogP contribution in [0.25, 0.3) is 0 Å². The van der Waals surface area contributed by atoms with Gasteiger partial charge in [0, 0.05) is 31.2 Å². The smallest absolute Gasteiger partial charge is 0.251 e. The molecule has 1 atom stereocenters. The Morgan fingerprint density at radius 1 is 0.824 bits per heavy atom. The fourth-order valence-electron chi connectivity index (χ4n) is 5.09. The van der Waals surface area contributed by atoms with E-state index in [0.717, 1.165) is 31.7 Å². The van der Waals surface area contributed by atoms with Gasteiger partial charge in [-0.3, -0.25) is 19.4 Å². The standard InChI is InChI=1S/C28H28ClN3O2/c1-20-12-13-23(18-24(20)29)32-26(33)19-25(28(32)34)30-14-16-31(17-15-30)27(21-8-4-2-5-9-21)22-10-6-3-7-11-22/h2-13,18,25,27H,14-17,19H2,1H3/t25-/m0/s1. The van der Waals surface area contributed by atoms with Crippen LogP contribution in [0.4, 0.5) is 5.69 Å². The first-order valence-corrected chi connectivity index (χ1v) is 12.1. The van der Waals surface area contributed by atoms with Crippen molar-refractivity contribution in [3.05, 3.63) is 101 Å². The molecule has 2 amide bonds. The summed E-state index contributed by atoms with van der Waals surface area (Å²) in [6, 6.07) is 26.2. The third-order valence-corrected chi connectivity index (χ3v) is 7.33. The minimum atomic E-state index is -0.415. The number of amides is 2. The second-order valence-corrected chi connectivity index (χ2v) is 9.42. The zero-order valence-electron chi connectivity index (χ0n) is 19.2. The lowest BCUT2D eigenvalue weighted by Crippen LogP contribution is -2.53. The molecular weight excluding hydrogens is 446 g/mol. The summed E-state index contributed by atoms with van der Waals surface area (Å²) in [6.45, 7) is 5.02. The highest BCUT2D eigenvalue weighted by atomic mass is 35.5. The van der Waals surface area contributed by atoms with Crippen molar-refractivity contribution >= 4 is 29.1 Å². The van der Waals surface area contributed by atoms with Gasteiger partial charge in [-0.25, -0.2) is 4.90 Å². The molecule has 2 aliphatic rings. The highest BCUT2D eigenvalue weighted by molar-refractivity contribution is 6.32. The van der Waals surface area contributed by atoms with Crippen LogP contribution in [-0.2, 0) is 9.59 Å². The van der Waals surface area contributed by atoms with Crippen LogP contribution in [-0.4, -0.2) is 53.8 Å². The number of hydrogen-bond acceptors (Lipinski definition) is 4. The molecule has 6 heteroatoms. The Bertz CT molecular complexity index is 1140. The van der Waals surface area contributed by atoms with Gasteiger partial charge in [-0.2, -0.15) is 0 Å². The molecule has 0 N–H and O–H groups in total. The molecule has 2 fully saturated rings. The lowest BCUT2D eigenvalue weighted by atomic mass is 9.96. The Morgan fingerprint density at radius 2 is 1.41 bits per heavy atom. The van der Waals surface area contributed by atoms with Gasteiger partial charge in [-0.15, -0.1) is 0 Å². The van der Waals surface area contributed by atoms with Crippen molar-refractivity contribution in [3.8, 4) is 0 Å². The van der Waals surface area contributed by atoms with Crippen molar-refractivity contribution in [2.24, 2.45) is 0 Å². The molecule has 0 unspecified atom stereocenters. The van der Waals surface area contributed by atoms with Gasteiger partial charge >= 0.3 is 0 Å². The quantitative estimate of drug-likeness (QED) is 0.504. The molecule has 0 bridgehead atoms. The van der Waals surface area contributed by atoms with E-state index in [1.807, 2.05) is 25.1 Å². The monoisotopic (exact) mass is 473 g/mol. The van der Waals surface area contributed by atoms with Gasteiger partial charge in [-0.05, 0) is 35.7 Å². The molecule has 2 aliphatic heterocycles. The number of carbonyl (C=O) groups excluding carboxylic acids is 2. The second-order valence-electron chi connectivity index (χ2n) is 9.02. The number of aryl methyl sites for hydroxylation is 1. The lowest BCUT2D eigenvalue weighted by Gasteiger charge is -2.41. The largest absolute Gasteiger partial charge is 0.290 e. The summed E-state index contributed by atoms with van der Waals surface area (Å²) < 4.78 is 0. The van der Waals surface area contributed by atoms with Crippen molar-refractivity contribution < 1.29 is 9.59 Å². The Balaban J connectivity index is 1.31. The van der Waals surface area contributed by atoms with Gasteiger partial charge in [-0.1, -0.05) is 78.3 Å². The van der Waals surface area contributed by atoms with E-state index in [4.69, 9.17) is 11.6 Å². The summed E-state index contributed by atoms with van der Waals surface area (Å²) in [4.78, 5) is 32.0. The minimum absolute atomic E-state index is 0.152. The van der Waals surface area contributed by atoms with Crippen LogP contribution in [0.15, 0.2) is 78.9 Å². The third-order valence-electron chi connectivity index (χ3n) is 6.92. The predicted molar refractivity (Wildman–Crippen MR) is 135 cm³/mol. The molecule has 3 aromatic rings. The Labute approximate surface area is 205 Å². The zero-order valence-corrected chi connectivity index (χ0v) is 20.0. The van der Waals surface area contributed by atoms with Crippen molar-refractivity contribution in [1.82, 2.24) is 9.80 Å². The molecule has 5 nitrogen and oxygen atoms in total. The first kappa shape index (κ1) is 22.8. The molecule has 3 aromatic carbocycles. The number of piperazine rings is 1. The molecule has 34 heavy (non-hydrogen) atoms. The summed E-state index contributed by atoms with van der Waals surface area (Å²) in [5.74, 6) is -0.315. The zero-order chi connectivity index (χ0) is 23.7. The average Bonchev–Trinajstić information content (AvgIpc) is 3.16. The van der Waals surface area contributed by atoms with Gasteiger partial charge < -0.3 is 0 Å². The number of hydrogen-bond donors (Lipinski definition) is 0. The number of anilines is 1. The van der Waals surface area contributed by atoms with E-state index >= 15 is 0 Å². The van der Waals surface area contributed by atoms with Crippen molar-refractivity contribution in [2.45, 2.75) is 25.4 Å². The topological polar surface area (TPSA) is 43.9 Å². The van der Waals surface area contributed by atoms with Gasteiger partial charge in [0.15, 0.2) is 0 Å². The summed E-state index contributed by atoms with van der Waals surface area (Å²) >= 11 is 6.25. The number of carbonyl (C=O) groups is 2. The third kappa shape index (κ3) is 4.39. The first-order valence-electron chi connectivity index (χ1n) is 11.7. The van der Waals surface area contributed by atoms with Crippen LogP contribution in [0.5, 0.6) is 0 Å². The molecule has 5 rings (SSSR count). The van der Waals surface area contributed by atoms with Crippen LogP contribution in [0.1, 0.15) is 29.2 Å². The Kier molecular flexibility index (Phi) is 6.50. The first-order chi connectivity index (χ1) is 16.5. The second kappa shape index (κ2) is 9.71. The number of rotatable bonds is 5. The molecule has 2 heterocycles. The van der Waals surface area contributed by atoms with Crippen LogP contribution in [0.2, 0.25) is 5.02 Å². The molecular formula is C28H28ClN3O2. The van der Waals surface area contributed by atoms with E-state index in [-0.39, 0.29) is 24.3 Å². The van der Waals surface area contributed by atoms with Crippen LogP contribution >= 0.6 is 11.6 Å². The van der Waals surface area contributed by atoms with Gasteiger partial charge in [0.2, 0.25) is 5.91 Å². The molecule has 174 valence electrons. The summed E-state index contributed by atoms with van der Waals surface area (Å²) in [7, 11) is 0.